The van der Waals surface area contributed by atoms with Gasteiger partial charge in [0, 0.05) is 25.6 Å². The van der Waals surface area contributed by atoms with E-state index in [2.05, 4.69) is 5.32 Å². The van der Waals surface area contributed by atoms with Gasteiger partial charge in [0.15, 0.2) is 0 Å². The van der Waals surface area contributed by atoms with Crippen LogP contribution in [0.3, 0.4) is 0 Å². The van der Waals surface area contributed by atoms with E-state index in [0.29, 0.717) is 5.56 Å². The van der Waals surface area contributed by atoms with Gasteiger partial charge in [0.05, 0.1) is 5.92 Å². The number of nitrogens with zero attached hydrogens (tertiary/aromatic N) is 1. The van der Waals surface area contributed by atoms with Crippen molar-refractivity contribution in [3.63, 3.8) is 0 Å². The molecule has 0 saturated heterocycles. The first-order valence-electron chi connectivity index (χ1n) is 7.12. The Kier molecular flexibility index (Phi) is 5.91. The summed E-state index contributed by atoms with van der Waals surface area (Å²) < 4.78 is 13.8. The SMILES string of the molecule is CC(CN(C)C(=O)NCC(C)(C)c1ccccc1F)C(=O)O. The maximum absolute atomic E-state index is 13.8. The summed E-state index contributed by atoms with van der Waals surface area (Å²) >= 11 is 0. The number of benzene rings is 1. The highest BCUT2D eigenvalue weighted by molar-refractivity contribution is 5.75. The molecule has 0 aliphatic carbocycles. The average molecular weight is 310 g/mol. The Morgan fingerprint density at radius 2 is 1.95 bits per heavy atom. The predicted octanol–water partition coefficient (Wildman–Crippen LogP) is 2.47. The second-order valence-corrected chi connectivity index (χ2v) is 6.14. The molecule has 0 heterocycles. The van der Waals surface area contributed by atoms with Gasteiger partial charge in [-0.2, -0.15) is 0 Å². The summed E-state index contributed by atoms with van der Waals surface area (Å²) in [4.78, 5) is 24.1. The van der Waals surface area contributed by atoms with Crippen LogP contribution in [0.15, 0.2) is 24.3 Å². The van der Waals surface area contributed by atoms with Gasteiger partial charge in [-0.25, -0.2) is 9.18 Å². The minimum atomic E-state index is -0.952. The van der Waals surface area contributed by atoms with Crippen LogP contribution >= 0.6 is 0 Å². The summed E-state index contributed by atoms with van der Waals surface area (Å²) in [6.45, 7) is 5.58. The summed E-state index contributed by atoms with van der Waals surface area (Å²) in [5, 5.41) is 11.6. The van der Waals surface area contributed by atoms with E-state index in [0.717, 1.165) is 0 Å². The molecule has 6 heteroatoms. The summed E-state index contributed by atoms with van der Waals surface area (Å²) in [6.07, 6.45) is 0. The van der Waals surface area contributed by atoms with Crippen LogP contribution in [0.5, 0.6) is 0 Å². The number of carbonyl (C=O) groups is 2. The molecule has 0 radical (unpaired) electrons. The molecule has 1 atom stereocenters. The van der Waals surface area contributed by atoms with Crippen molar-refractivity contribution in [1.29, 1.82) is 0 Å². The van der Waals surface area contributed by atoms with E-state index in [1.54, 1.807) is 18.2 Å². The zero-order chi connectivity index (χ0) is 16.9. The van der Waals surface area contributed by atoms with Crippen LogP contribution in [0.4, 0.5) is 9.18 Å². The topological polar surface area (TPSA) is 69.6 Å². The fraction of sp³-hybridized carbons (Fsp3) is 0.500. The number of hydrogen-bond donors (Lipinski definition) is 2. The lowest BCUT2D eigenvalue weighted by molar-refractivity contribution is -0.141. The van der Waals surface area contributed by atoms with Crippen LogP contribution in [0.25, 0.3) is 0 Å². The molecule has 0 aromatic heterocycles. The van der Waals surface area contributed by atoms with Crippen LogP contribution in [0, 0.1) is 11.7 Å². The number of carboxylic acid groups (broad SMARTS) is 1. The largest absolute Gasteiger partial charge is 0.481 e. The monoisotopic (exact) mass is 310 g/mol. The van der Waals surface area contributed by atoms with Gasteiger partial charge < -0.3 is 15.3 Å². The minimum absolute atomic E-state index is 0.112. The third-order valence-corrected chi connectivity index (χ3v) is 3.60. The van der Waals surface area contributed by atoms with Crippen LogP contribution in [0.1, 0.15) is 26.3 Å². The van der Waals surface area contributed by atoms with Gasteiger partial charge in [-0.1, -0.05) is 39.0 Å². The number of rotatable bonds is 6. The Balaban J connectivity index is 2.63. The molecule has 1 unspecified atom stereocenters. The van der Waals surface area contributed by atoms with Crippen molar-refractivity contribution in [2.45, 2.75) is 26.2 Å². The fourth-order valence-electron chi connectivity index (χ4n) is 2.11. The van der Waals surface area contributed by atoms with Crippen molar-refractivity contribution in [2.24, 2.45) is 5.92 Å². The minimum Gasteiger partial charge on any atom is -0.481 e. The van der Waals surface area contributed by atoms with Gasteiger partial charge in [0.1, 0.15) is 5.82 Å². The number of nitrogens with one attached hydrogen (secondary N) is 1. The molecule has 0 aliphatic heterocycles. The number of halogens is 1. The predicted molar refractivity (Wildman–Crippen MR) is 82.3 cm³/mol. The molecule has 5 nitrogen and oxygen atoms in total. The summed E-state index contributed by atoms with van der Waals surface area (Å²) in [5.74, 6) is -1.91. The first-order valence-corrected chi connectivity index (χ1v) is 7.12. The van der Waals surface area contributed by atoms with E-state index < -0.39 is 17.3 Å². The third-order valence-electron chi connectivity index (χ3n) is 3.60. The van der Waals surface area contributed by atoms with E-state index >= 15 is 0 Å². The highest BCUT2D eigenvalue weighted by atomic mass is 19.1. The molecule has 122 valence electrons. The number of carboxylic acids is 1. The van der Waals surface area contributed by atoms with Gasteiger partial charge in [0.2, 0.25) is 0 Å². The lowest BCUT2D eigenvalue weighted by atomic mass is 9.84. The standard InChI is InChI=1S/C16H23FN2O3/c1-11(14(20)21)9-19(4)15(22)18-10-16(2,3)12-7-5-6-8-13(12)17/h5-8,11H,9-10H2,1-4H3,(H,18,22)(H,20,21). The second-order valence-electron chi connectivity index (χ2n) is 6.14. The van der Waals surface area contributed by atoms with Gasteiger partial charge in [-0.15, -0.1) is 0 Å². The summed E-state index contributed by atoms with van der Waals surface area (Å²) in [5.41, 5.74) is -0.0443. The molecule has 1 aromatic rings. The lowest BCUT2D eigenvalue weighted by Gasteiger charge is -2.28. The van der Waals surface area contributed by atoms with E-state index in [4.69, 9.17) is 5.11 Å². The first kappa shape index (κ1) is 17.9. The zero-order valence-corrected chi connectivity index (χ0v) is 13.4. The highest BCUT2D eigenvalue weighted by Gasteiger charge is 2.25. The quantitative estimate of drug-likeness (QED) is 0.848. The fourth-order valence-corrected chi connectivity index (χ4v) is 2.11. The normalized spacial score (nSPS) is 12.6. The first-order chi connectivity index (χ1) is 10.1. The molecular weight excluding hydrogens is 287 g/mol. The van der Waals surface area contributed by atoms with Crippen molar-refractivity contribution in [3.8, 4) is 0 Å². The molecule has 2 N–H and O–H groups in total. The smallest absolute Gasteiger partial charge is 0.317 e. The van der Waals surface area contributed by atoms with Crippen molar-refractivity contribution < 1.29 is 19.1 Å². The van der Waals surface area contributed by atoms with Crippen molar-refractivity contribution in [1.82, 2.24) is 10.2 Å². The van der Waals surface area contributed by atoms with Crippen LogP contribution in [-0.4, -0.2) is 42.1 Å². The van der Waals surface area contributed by atoms with Crippen molar-refractivity contribution in [2.75, 3.05) is 20.1 Å². The molecule has 0 aliphatic rings. The average Bonchev–Trinajstić information content (AvgIpc) is 2.44. The molecule has 22 heavy (non-hydrogen) atoms. The molecule has 2 amide bonds. The van der Waals surface area contributed by atoms with Gasteiger partial charge in [-0.05, 0) is 11.6 Å². The van der Waals surface area contributed by atoms with E-state index in [-0.39, 0.29) is 24.9 Å². The second kappa shape index (κ2) is 7.24. The summed E-state index contributed by atoms with van der Waals surface area (Å²) in [6, 6.07) is 6.08. The van der Waals surface area contributed by atoms with Gasteiger partial charge >= 0.3 is 12.0 Å². The van der Waals surface area contributed by atoms with Crippen LogP contribution in [-0.2, 0) is 10.2 Å². The maximum atomic E-state index is 13.8. The maximum Gasteiger partial charge on any atom is 0.317 e. The molecule has 1 rings (SSSR count). The molecule has 0 bridgehead atoms. The summed E-state index contributed by atoms with van der Waals surface area (Å²) in [7, 11) is 1.53. The number of aliphatic carboxylic acids is 1. The Bertz CT molecular complexity index is 546. The van der Waals surface area contributed by atoms with Crippen LogP contribution in [0.2, 0.25) is 0 Å². The lowest BCUT2D eigenvalue weighted by Crippen LogP contribution is -2.45. The van der Waals surface area contributed by atoms with E-state index in [1.807, 2.05) is 13.8 Å². The van der Waals surface area contributed by atoms with Gasteiger partial charge in [0.25, 0.3) is 0 Å². The molecule has 0 spiro atoms. The van der Waals surface area contributed by atoms with Crippen LogP contribution < -0.4 is 5.32 Å². The number of urea groups is 1. The molecule has 1 aromatic carbocycles. The Labute approximate surface area is 130 Å². The number of carbonyl (C=O) groups excluding carboxylic acids is 1. The third kappa shape index (κ3) is 4.72. The van der Waals surface area contributed by atoms with Crippen molar-refractivity contribution in [3.05, 3.63) is 35.6 Å². The van der Waals surface area contributed by atoms with Gasteiger partial charge in [-0.3, -0.25) is 4.79 Å². The highest BCUT2D eigenvalue weighted by Crippen LogP contribution is 2.24. The number of hydrogen-bond acceptors (Lipinski definition) is 2. The molecule has 0 saturated carbocycles. The van der Waals surface area contributed by atoms with E-state index in [1.165, 1.54) is 24.9 Å². The van der Waals surface area contributed by atoms with E-state index in [9.17, 15) is 14.0 Å². The number of amides is 2. The van der Waals surface area contributed by atoms with Crippen molar-refractivity contribution >= 4 is 12.0 Å². The molecular formula is C16H23FN2O3. The Hall–Kier alpha value is -2.11. The Morgan fingerprint density at radius 1 is 1.36 bits per heavy atom. The Morgan fingerprint density at radius 3 is 2.50 bits per heavy atom. The molecule has 0 fully saturated rings. The zero-order valence-electron chi connectivity index (χ0n) is 13.4.